The number of likely N-dealkylation sites (tertiary alicyclic amines) is 1. The van der Waals surface area contributed by atoms with Crippen molar-refractivity contribution >= 4 is 18.1 Å². The molecule has 3 unspecified atom stereocenters. The Morgan fingerprint density at radius 3 is 2.61 bits per heavy atom. The molecule has 0 aliphatic carbocycles. The molecule has 0 radical (unpaired) electrons. The molecule has 0 bridgehead atoms. The molecule has 0 aromatic carbocycles. The van der Waals surface area contributed by atoms with E-state index >= 15 is 0 Å². The van der Waals surface area contributed by atoms with Crippen molar-refractivity contribution in [3.63, 3.8) is 0 Å². The molecule has 2 amide bonds. The molecule has 1 aliphatic heterocycles. The number of rotatable bonds is 10. The van der Waals surface area contributed by atoms with E-state index in [0.29, 0.717) is 25.8 Å². The average molecular weight is 326 g/mol. The number of amides is 2. The molecule has 3 N–H and O–H groups in total. The Bertz CT molecular complexity index is 403. The highest BCUT2D eigenvalue weighted by Crippen LogP contribution is 2.17. The summed E-state index contributed by atoms with van der Waals surface area (Å²) in [6.45, 7) is 3.30. The maximum Gasteiger partial charge on any atom is 0.245 e. The Balaban J connectivity index is 2.61. The van der Waals surface area contributed by atoms with E-state index in [1.807, 2.05) is 14.0 Å². The fourth-order valence-corrected chi connectivity index (χ4v) is 2.91. The van der Waals surface area contributed by atoms with Crippen LogP contribution >= 0.6 is 0 Å². The molecule has 132 valence electrons. The number of hydrogen-bond acceptors (Lipinski definition) is 5. The SMILES string of the molecule is CCC(NC(=O)C(CCCNC)NC)C(=O)N1CCCC1C=O. The minimum Gasteiger partial charge on any atom is -0.343 e. The van der Waals surface area contributed by atoms with Crippen LogP contribution in [0.25, 0.3) is 0 Å². The van der Waals surface area contributed by atoms with Crippen LogP contribution in [0.2, 0.25) is 0 Å². The summed E-state index contributed by atoms with van der Waals surface area (Å²) < 4.78 is 0. The highest BCUT2D eigenvalue weighted by molar-refractivity contribution is 5.91. The van der Waals surface area contributed by atoms with Gasteiger partial charge in [-0.15, -0.1) is 0 Å². The molecule has 23 heavy (non-hydrogen) atoms. The van der Waals surface area contributed by atoms with E-state index in [9.17, 15) is 14.4 Å². The van der Waals surface area contributed by atoms with Crippen LogP contribution in [0.4, 0.5) is 0 Å². The van der Waals surface area contributed by atoms with Crippen LogP contribution < -0.4 is 16.0 Å². The Hall–Kier alpha value is -1.47. The second kappa shape index (κ2) is 10.3. The van der Waals surface area contributed by atoms with Crippen LogP contribution in [0.1, 0.15) is 39.0 Å². The fourth-order valence-electron chi connectivity index (χ4n) is 2.91. The normalized spacial score (nSPS) is 20.1. The van der Waals surface area contributed by atoms with Crippen molar-refractivity contribution in [2.75, 3.05) is 27.2 Å². The van der Waals surface area contributed by atoms with Crippen molar-refractivity contribution in [2.45, 2.75) is 57.2 Å². The van der Waals surface area contributed by atoms with Crippen LogP contribution in [0.15, 0.2) is 0 Å². The molecule has 1 rings (SSSR count). The summed E-state index contributed by atoms with van der Waals surface area (Å²) in [5.74, 6) is -0.314. The summed E-state index contributed by atoms with van der Waals surface area (Å²) in [4.78, 5) is 37.6. The van der Waals surface area contributed by atoms with Gasteiger partial charge in [0.25, 0.3) is 0 Å². The van der Waals surface area contributed by atoms with Gasteiger partial charge in [0.15, 0.2) is 0 Å². The molecular formula is C16H30N4O3. The van der Waals surface area contributed by atoms with Gasteiger partial charge in [0, 0.05) is 6.54 Å². The van der Waals surface area contributed by atoms with Gasteiger partial charge in [0.05, 0.1) is 12.1 Å². The maximum atomic E-state index is 12.6. The first-order valence-electron chi connectivity index (χ1n) is 8.47. The van der Waals surface area contributed by atoms with Gasteiger partial charge in [-0.2, -0.15) is 0 Å². The highest BCUT2D eigenvalue weighted by atomic mass is 16.2. The van der Waals surface area contributed by atoms with Crippen molar-refractivity contribution in [1.82, 2.24) is 20.9 Å². The molecular weight excluding hydrogens is 296 g/mol. The van der Waals surface area contributed by atoms with E-state index in [2.05, 4.69) is 16.0 Å². The van der Waals surface area contributed by atoms with Gasteiger partial charge in [-0.25, -0.2) is 0 Å². The summed E-state index contributed by atoms with van der Waals surface area (Å²) in [5.41, 5.74) is 0. The largest absolute Gasteiger partial charge is 0.343 e. The van der Waals surface area contributed by atoms with Gasteiger partial charge in [-0.05, 0) is 52.7 Å². The van der Waals surface area contributed by atoms with Gasteiger partial charge in [-0.1, -0.05) is 6.92 Å². The number of hydrogen-bond donors (Lipinski definition) is 3. The first-order chi connectivity index (χ1) is 11.1. The molecule has 3 atom stereocenters. The zero-order chi connectivity index (χ0) is 17.2. The van der Waals surface area contributed by atoms with E-state index in [-0.39, 0.29) is 23.9 Å². The number of nitrogens with zero attached hydrogens (tertiary/aromatic N) is 1. The van der Waals surface area contributed by atoms with Crippen LogP contribution in [-0.2, 0) is 14.4 Å². The summed E-state index contributed by atoms with van der Waals surface area (Å²) in [6, 6.07) is -1.22. The molecule has 7 nitrogen and oxygen atoms in total. The third-order valence-corrected chi connectivity index (χ3v) is 4.35. The van der Waals surface area contributed by atoms with Gasteiger partial charge in [0.2, 0.25) is 11.8 Å². The van der Waals surface area contributed by atoms with Crippen molar-refractivity contribution in [3.8, 4) is 0 Å². The molecule has 1 aliphatic rings. The zero-order valence-electron chi connectivity index (χ0n) is 14.4. The second-order valence-corrected chi connectivity index (χ2v) is 5.93. The Morgan fingerprint density at radius 1 is 1.30 bits per heavy atom. The smallest absolute Gasteiger partial charge is 0.245 e. The Morgan fingerprint density at radius 2 is 2.04 bits per heavy atom. The predicted molar refractivity (Wildman–Crippen MR) is 89.0 cm³/mol. The standard InChI is InChI=1S/C16H30N4O3/c1-4-13(16(23)20-10-6-7-12(20)11-21)19-15(22)14(18-3)8-5-9-17-2/h11-14,17-18H,4-10H2,1-3H3,(H,19,22). The van der Waals surface area contributed by atoms with Crippen LogP contribution in [0.3, 0.4) is 0 Å². The first kappa shape index (κ1) is 19.6. The van der Waals surface area contributed by atoms with Gasteiger partial charge >= 0.3 is 0 Å². The lowest BCUT2D eigenvalue weighted by Crippen LogP contribution is -2.54. The summed E-state index contributed by atoms with van der Waals surface area (Å²) in [7, 11) is 3.62. The maximum absolute atomic E-state index is 12.6. The van der Waals surface area contributed by atoms with E-state index in [1.54, 1.807) is 11.9 Å². The molecule has 1 heterocycles. The summed E-state index contributed by atoms with van der Waals surface area (Å²) in [5, 5.41) is 8.89. The van der Waals surface area contributed by atoms with Gasteiger partial charge < -0.3 is 25.6 Å². The van der Waals surface area contributed by atoms with Crippen LogP contribution in [0, 0.1) is 0 Å². The highest BCUT2D eigenvalue weighted by Gasteiger charge is 2.33. The first-order valence-corrected chi connectivity index (χ1v) is 8.47. The van der Waals surface area contributed by atoms with Crippen LogP contribution in [-0.4, -0.2) is 68.3 Å². The number of carbonyl (C=O) groups is 3. The van der Waals surface area contributed by atoms with Gasteiger partial charge in [0.1, 0.15) is 12.3 Å². The quantitative estimate of drug-likeness (QED) is 0.377. The van der Waals surface area contributed by atoms with E-state index < -0.39 is 6.04 Å². The monoisotopic (exact) mass is 326 g/mol. The second-order valence-electron chi connectivity index (χ2n) is 5.93. The average Bonchev–Trinajstić information content (AvgIpc) is 3.04. The Labute approximate surface area is 138 Å². The lowest BCUT2D eigenvalue weighted by molar-refractivity contribution is -0.139. The molecule has 0 saturated carbocycles. The molecule has 0 aromatic heterocycles. The lowest BCUT2D eigenvalue weighted by Gasteiger charge is -2.27. The number of nitrogens with one attached hydrogen (secondary N) is 3. The van der Waals surface area contributed by atoms with Crippen molar-refractivity contribution in [2.24, 2.45) is 0 Å². The number of carbonyl (C=O) groups excluding carboxylic acids is 3. The van der Waals surface area contributed by atoms with E-state index in [4.69, 9.17) is 0 Å². The number of aldehydes is 1. The molecule has 1 saturated heterocycles. The number of likely N-dealkylation sites (N-methyl/N-ethyl adjacent to an activating group) is 1. The van der Waals surface area contributed by atoms with Crippen molar-refractivity contribution < 1.29 is 14.4 Å². The van der Waals surface area contributed by atoms with Gasteiger partial charge in [-0.3, -0.25) is 9.59 Å². The summed E-state index contributed by atoms with van der Waals surface area (Å²) in [6.07, 6.45) is 4.46. The lowest BCUT2D eigenvalue weighted by atomic mass is 10.1. The Kier molecular flexibility index (Phi) is 8.79. The zero-order valence-corrected chi connectivity index (χ0v) is 14.4. The topological polar surface area (TPSA) is 90.5 Å². The van der Waals surface area contributed by atoms with E-state index in [0.717, 1.165) is 25.7 Å². The summed E-state index contributed by atoms with van der Waals surface area (Å²) >= 11 is 0. The molecule has 7 heteroatoms. The third-order valence-electron chi connectivity index (χ3n) is 4.35. The molecule has 0 aromatic rings. The van der Waals surface area contributed by atoms with Crippen molar-refractivity contribution in [1.29, 1.82) is 0 Å². The predicted octanol–water partition coefficient (Wildman–Crippen LogP) is -0.341. The molecule has 0 spiro atoms. The minimum absolute atomic E-state index is 0.152. The van der Waals surface area contributed by atoms with E-state index in [1.165, 1.54) is 0 Å². The molecule has 1 fully saturated rings. The fraction of sp³-hybridized carbons (Fsp3) is 0.812. The minimum atomic E-state index is -0.566. The van der Waals surface area contributed by atoms with Crippen LogP contribution in [0.5, 0.6) is 0 Å². The van der Waals surface area contributed by atoms with Crippen molar-refractivity contribution in [3.05, 3.63) is 0 Å². The third kappa shape index (κ3) is 5.58.